The number of hydrogen-bond acceptors (Lipinski definition) is 5. The molecule has 156 valence electrons. The lowest BCUT2D eigenvalue weighted by Gasteiger charge is -2.44. The highest BCUT2D eigenvalue weighted by atomic mass is 16.5. The van der Waals surface area contributed by atoms with Crippen molar-refractivity contribution in [1.29, 1.82) is 0 Å². The van der Waals surface area contributed by atoms with E-state index in [0.717, 1.165) is 17.4 Å². The molecule has 1 aromatic heterocycles. The van der Waals surface area contributed by atoms with Crippen LogP contribution in [0.4, 0.5) is 5.69 Å². The van der Waals surface area contributed by atoms with Crippen molar-refractivity contribution in [2.24, 2.45) is 17.8 Å². The van der Waals surface area contributed by atoms with Crippen LogP contribution in [-0.2, 0) is 0 Å². The number of aromatic amines is 1. The molecule has 0 saturated heterocycles. The van der Waals surface area contributed by atoms with Crippen molar-refractivity contribution in [2.45, 2.75) is 31.2 Å². The van der Waals surface area contributed by atoms with E-state index in [2.05, 4.69) is 39.8 Å². The second kappa shape index (κ2) is 6.56. The van der Waals surface area contributed by atoms with Gasteiger partial charge in [-0.05, 0) is 78.3 Å². The average molecular weight is 405 g/mol. The van der Waals surface area contributed by atoms with Gasteiger partial charge in [0.15, 0.2) is 11.5 Å². The van der Waals surface area contributed by atoms with Crippen molar-refractivity contribution in [3.05, 3.63) is 41.6 Å². The molecule has 2 bridgehead atoms. The lowest BCUT2D eigenvalue weighted by Crippen LogP contribution is -2.35. The number of H-pyrrole nitrogens is 1. The van der Waals surface area contributed by atoms with Gasteiger partial charge in [0.2, 0.25) is 5.75 Å². The number of benzene rings is 2. The summed E-state index contributed by atoms with van der Waals surface area (Å²) in [5.41, 5.74) is 5.02. The molecule has 2 N–H and O–H groups in total. The van der Waals surface area contributed by atoms with Crippen molar-refractivity contribution in [3.8, 4) is 17.2 Å². The van der Waals surface area contributed by atoms with E-state index >= 15 is 0 Å². The number of nitrogens with zero attached hydrogens (tertiary/aromatic N) is 1. The van der Waals surface area contributed by atoms with Gasteiger partial charge in [-0.2, -0.15) is 5.10 Å². The Morgan fingerprint density at radius 2 is 1.73 bits per heavy atom. The Kier molecular flexibility index (Phi) is 3.92. The molecule has 2 heterocycles. The van der Waals surface area contributed by atoms with Crippen LogP contribution >= 0.6 is 0 Å². The quantitative estimate of drug-likeness (QED) is 0.647. The summed E-state index contributed by atoms with van der Waals surface area (Å²) in [4.78, 5) is 0. The van der Waals surface area contributed by atoms with Crippen LogP contribution in [0, 0.1) is 17.8 Å². The molecular formula is C24H27N3O3. The van der Waals surface area contributed by atoms with Crippen LogP contribution in [0.25, 0.3) is 10.9 Å². The van der Waals surface area contributed by atoms with Crippen molar-refractivity contribution in [2.75, 3.05) is 26.6 Å². The zero-order valence-electron chi connectivity index (χ0n) is 17.6. The van der Waals surface area contributed by atoms with Gasteiger partial charge in [0.25, 0.3) is 0 Å². The lowest BCUT2D eigenvalue weighted by molar-refractivity contribution is 0.247. The smallest absolute Gasteiger partial charge is 0.203 e. The Morgan fingerprint density at radius 1 is 0.967 bits per heavy atom. The Morgan fingerprint density at radius 3 is 2.47 bits per heavy atom. The minimum Gasteiger partial charge on any atom is -0.493 e. The summed E-state index contributed by atoms with van der Waals surface area (Å²) in [5.74, 6) is 4.68. The van der Waals surface area contributed by atoms with Gasteiger partial charge < -0.3 is 19.5 Å². The summed E-state index contributed by atoms with van der Waals surface area (Å²) in [6.07, 6.45) is 5.98. The second-order valence-electron chi connectivity index (χ2n) is 8.88. The first kappa shape index (κ1) is 17.9. The SMILES string of the molecule is COc1cc(C2Nc3ccc4[nH]ncc4c3C3C4CCC(C4)[C@@H]23)cc(OC)c1OC. The summed E-state index contributed by atoms with van der Waals surface area (Å²) >= 11 is 0. The monoisotopic (exact) mass is 405 g/mol. The van der Waals surface area contributed by atoms with Gasteiger partial charge in [-0.15, -0.1) is 0 Å². The van der Waals surface area contributed by atoms with E-state index in [4.69, 9.17) is 14.2 Å². The number of nitrogens with one attached hydrogen (secondary N) is 2. The van der Waals surface area contributed by atoms with Gasteiger partial charge in [0, 0.05) is 11.1 Å². The number of fused-ring (bicyclic) bond motifs is 9. The maximum Gasteiger partial charge on any atom is 0.203 e. The number of aromatic nitrogens is 2. The summed E-state index contributed by atoms with van der Waals surface area (Å²) in [6.45, 7) is 0. The maximum atomic E-state index is 5.66. The normalized spacial score (nSPS) is 28.7. The van der Waals surface area contributed by atoms with Gasteiger partial charge >= 0.3 is 0 Å². The summed E-state index contributed by atoms with van der Waals surface area (Å²) in [5, 5.41) is 12.6. The molecule has 6 nitrogen and oxygen atoms in total. The van der Waals surface area contributed by atoms with Crippen LogP contribution in [0.5, 0.6) is 17.2 Å². The highest BCUT2D eigenvalue weighted by Gasteiger charge is 2.54. The molecule has 5 atom stereocenters. The Hall–Kier alpha value is -2.89. The molecule has 2 fully saturated rings. The zero-order valence-corrected chi connectivity index (χ0v) is 17.6. The fourth-order valence-electron chi connectivity index (χ4n) is 6.62. The van der Waals surface area contributed by atoms with E-state index in [1.165, 1.54) is 41.5 Å². The molecule has 2 saturated carbocycles. The lowest BCUT2D eigenvalue weighted by atomic mass is 9.67. The van der Waals surface area contributed by atoms with Crippen molar-refractivity contribution in [1.82, 2.24) is 10.2 Å². The summed E-state index contributed by atoms with van der Waals surface area (Å²) in [7, 11) is 5.01. The highest BCUT2D eigenvalue weighted by Crippen LogP contribution is 2.64. The van der Waals surface area contributed by atoms with Gasteiger partial charge in [-0.3, -0.25) is 5.10 Å². The van der Waals surface area contributed by atoms with Gasteiger partial charge in [-0.1, -0.05) is 0 Å². The second-order valence-corrected chi connectivity index (χ2v) is 8.88. The Bertz CT molecular complexity index is 1100. The molecule has 6 heteroatoms. The Labute approximate surface area is 175 Å². The van der Waals surface area contributed by atoms with Gasteiger partial charge in [0.05, 0.1) is 39.1 Å². The molecule has 6 rings (SSSR count). The maximum absolute atomic E-state index is 5.66. The third kappa shape index (κ3) is 2.33. The fourth-order valence-corrected chi connectivity index (χ4v) is 6.62. The van der Waals surface area contributed by atoms with Crippen LogP contribution in [0.15, 0.2) is 30.5 Å². The van der Waals surface area contributed by atoms with Crippen LogP contribution in [0.3, 0.4) is 0 Å². The predicted octanol–water partition coefficient (Wildman–Crippen LogP) is 4.89. The molecule has 3 aromatic rings. The van der Waals surface area contributed by atoms with Gasteiger partial charge in [-0.25, -0.2) is 0 Å². The topological polar surface area (TPSA) is 68.4 Å². The van der Waals surface area contributed by atoms with Crippen LogP contribution in [-0.4, -0.2) is 31.5 Å². The predicted molar refractivity (Wildman–Crippen MR) is 116 cm³/mol. The minimum absolute atomic E-state index is 0.218. The van der Waals surface area contributed by atoms with E-state index < -0.39 is 0 Å². The van der Waals surface area contributed by atoms with Gasteiger partial charge in [0.1, 0.15) is 0 Å². The molecule has 4 unspecified atom stereocenters. The minimum atomic E-state index is 0.218. The van der Waals surface area contributed by atoms with E-state index in [1.54, 1.807) is 21.3 Å². The van der Waals surface area contributed by atoms with E-state index in [0.29, 0.717) is 29.1 Å². The van der Waals surface area contributed by atoms with E-state index in [9.17, 15) is 0 Å². The highest BCUT2D eigenvalue weighted by molar-refractivity contribution is 5.88. The van der Waals surface area contributed by atoms with Crippen molar-refractivity contribution < 1.29 is 14.2 Å². The molecule has 30 heavy (non-hydrogen) atoms. The molecule has 3 aliphatic rings. The number of methoxy groups -OCH3 is 3. The largest absolute Gasteiger partial charge is 0.493 e. The number of anilines is 1. The first-order chi connectivity index (χ1) is 14.7. The standard InChI is InChI=1S/C24H27N3O3/c1-28-18-9-14(10-19(29-2)24(18)30-3)23-21-13-5-4-12(8-13)20(21)22-15-11-25-27-16(15)6-7-17(22)26-23/h6-7,9-13,20-21,23,26H,4-5,8H2,1-3H3,(H,25,27)/t12?,13?,20?,21-,23?/m1/s1. The Balaban J connectivity index is 1.53. The van der Waals surface area contributed by atoms with E-state index in [1.807, 2.05) is 6.20 Å². The molecule has 0 spiro atoms. The number of rotatable bonds is 4. The molecular weight excluding hydrogens is 378 g/mol. The molecule has 1 aliphatic heterocycles. The molecule has 0 radical (unpaired) electrons. The van der Waals surface area contributed by atoms with Crippen LogP contribution in [0.2, 0.25) is 0 Å². The molecule has 0 amide bonds. The average Bonchev–Trinajstić information content (AvgIpc) is 3.53. The van der Waals surface area contributed by atoms with Crippen molar-refractivity contribution in [3.63, 3.8) is 0 Å². The molecule has 2 aromatic carbocycles. The third-order valence-corrected chi connectivity index (χ3v) is 7.72. The third-order valence-electron chi connectivity index (χ3n) is 7.72. The van der Waals surface area contributed by atoms with Crippen molar-refractivity contribution >= 4 is 16.6 Å². The molecule has 2 aliphatic carbocycles. The fraction of sp³-hybridized carbons (Fsp3) is 0.458. The first-order valence-electron chi connectivity index (χ1n) is 10.8. The summed E-state index contributed by atoms with van der Waals surface area (Å²) in [6, 6.07) is 8.79. The number of ether oxygens (including phenoxy) is 3. The first-order valence-corrected chi connectivity index (χ1v) is 10.8. The van der Waals surface area contributed by atoms with E-state index in [-0.39, 0.29) is 6.04 Å². The van der Waals surface area contributed by atoms with Crippen LogP contribution in [0.1, 0.15) is 42.3 Å². The zero-order chi connectivity index (χ0) is 20.4. The number of hydrogen-bond donors (Lipinski definition) is 2. The van der Waals surface area contributed by atoms with Crippen LogP contribution < -0.4 is 19.5 Å². The summed E-state index contributed by atoms with van der Waals surface area (Å²) < 4.78 is 16.9.